The van der Waals surface area contributed by atoms with Crippen LogP contribution in [0.1, 0.15) is 74.4 Å². The highest BCUT2D eigenvalue weighted by molar-refractivity contribution is 5.94. The Kier molecular flexibility index (Phi) is 11.0. The van der Waals surface area contributed by atoms with Gasteiger partial charge < -0.3 is 38.7 Å². The lowest BCUT2D eigenvalue weighted by molar-refractivity contribution is -0.234. The van der Waals surface area contributed by atoms with E-state index < -0.39 is 40.0 Å². The summed E-state index contributed by atoms with van der Waals surface area (Å²) in [5, 5.41) is 15.0. The van der Waals surface area contributed by atoms with Crippen LogP contribution in [0.5, 0.6) is 11.5 Å². The minimum Gasteiger partial charge on any atom is -0.497 e. The molecule has 6 heterocycles. The van der Waals surface area contributed by atoms with Gasteiger partial charge in [-0.3, -0.25) is 19.4 Å². The van der Waals surface area contributed by atoms with Crippen molar-refractivity contribution in [2.45, 2.75) is 94.1 Å². The summed E-state index contributed by atoms with van der Waals surface area (Å²) < 4.78 is 31.0. The number of aromatic nitrogens is 1. The number of para-hydroxylation sites is 1. The van der Waals surface area contributed by atoms with Gasteiger partial charge in [0.2, 0.25) is 0 Å². The van der Waals surface area contributed by atoms with Gasteiger partial charge in [-0.2, -0.15) is 0 Å². The average molecular weight is 885 g/mol. The first-order valence-electron chi connectivity index (χ1n) is 23.5. The third kappa shape index (κ3) is 6.37. The van der Waals surface area contributed by atoms with Crippen molar-refractivity contribution in [3.8, 4) is 11.5 Å². The maximum absolute atomic E-state index is 15.5. The smallest absolute Gasteiger partial charge is 0.322 e. The van der Waals surface area contributed by atoms with E-state index in [1.807, 2.05) is 37.4 Å². The van der Waals surface area contributed by atoms with E-state index >= 15 is 4.79 Å². The molecule has 12 heteroatoms. The number of nitrogens with zero attached hydrogens (tertiary/aromatic N) is 3. The lowest BCUT2D eigenvalue weighted by atomic mass is 9.47. The molecule has 3 aromatic carbocycles. The zero-order valence-corrected chi connectivity index (χ0v) is 38.9. The number of ether oxygens (including phenoxy) is 5. The summed E-state index contributed by atoms with van der Waals surface area (Å²) in [5.74, 6) is 0.573. The van der Waals surface area contributed by atoms with Gasteiger partial charge in [0.1, 0.15) is 28.6 Å². The van der Waals surface area contributed by atoms with E-state index in [0.29, 0.717) is 18.6 Å². The van der Waals surface area contributed by atoms with Gasteiger partial charge in [-0.1, -0.05) is 68.0 Å². The van der Waals surface area contributed by atoms with Crippen LogP contribution in [0.3, 0.4) is 0 Å². The molecule has 2 bridgehead atoms. The number of benzene rings is 3. The van der Waals surface area contributed by atoms with Gasteiger partial charge in [-0.25, -0.2) is 0 Å². The number of aliphatic hydroxyl groups is 1. The number of esters is 2. The van der Waals surface area contributed by atoms with E-state index in [1.165, 1.54) is 19.6 Å². The molecule has 0 radical (unpaired) electrons. The highest BCUT2D eigenvalue weighted by atomic mass is 16.6. The molecule has 1 spiro atoms. The number of anilines is 1. The lowest BCUT2D eigenvalue weighted by Crippen LogP contribution is -2.80. The second-order valence-corrected chi connectivity index (χ2v) is 19.5. The molecule has 9 atom stereocenters. The number of carbonyl (C=O) groups excluding carboxylic acids is 2. The Morgan fingerprint density at radius 3 is 2.49 bits per heavy atom. The summed E-state index contributed by atoms with van der Waals surface area (Å²) in [5.41, 5.74) is 3.48. The number of rotatable bonds is 11. The normalized spacial score (nSPS) is 32.3. The fourth-order valence-corrected chi connectivity index (χ4v) is 14.0. The predicted octanol–water partition coefficient (Wildman–Crippen LogP) is 6.85. The first-order chi connectivity index (χ1) is 31.4. The summed E-state index contributed by atoms with van der Waals surface area (Å²) in [4.78, 5) is 39.9. The Balaban J connectivity index is 1.21. The summed E-state index contributed by atoms with van der Waals surface area (Å²) in [6.45, 7) is 10.0. The number of hydrogen-bond acceptors (Lipinski definition) is 11. The topological polar surface area (TPSA) is 126 Å². The number of methoxy groups -OCH3 is 3. The molecule has 1 saturated heterocycles. The van der Waals surface area contributed by atoms with Crippen LogP contribution in [-0.2, 0) is 47.7 Å². The predicted molar refractivity (Wildman–Crippen MR) is 250 cm³/mol. The fraction of sp³-hybridized carbons (Fsp3) is 0.509. The van der Waals surface area contributed by atoms with Crippen molar-refractivity contribution in [1.82, 2.24) is 14.8 Å². The van der Waals surface area contributed by atoms with Gasteiger partial charge in [0.25, 0.3) is 0 Å². The highest BCUT2D eigenvalue weighted by Crippen LogP contribution is 2.68. The monoisotopic (exact) mass is 884 g/mol. The van der Waals surface area contributed by atoms with Crippen LogP contribution >= 0.6 is 0 Å². The largest absolute Gasteiger partial charge is 0.497 e. The number of likely N-dealkylation sites (N-methyl/N-ethyl adjacent to an activating group) is 1. The first kappa shape index (κ1) is 43.7. The van der Waals surface area contributed by atoms with E-state index in [-0.39, 0.29) is 31.1 Å². The Morgan fingerprint density at radius 2 is 1.77 bits per heavy atom. The van der Waals surface area contributed by atoms with E-state index in [9.17, 15) is 9.90 Å². The lowest BCUT2D eigenvalue weighted by Gasteiger charge is -2.64. The molecule has 3 unspecified atom stereocenters. The van der Waals surface area contributed by atoms with Crippen LogP contribution in [0.25, 0.3) is 10.9 Å². The Hall–Kier alpha value is -5.14. The Morgan fingerprint density at radius 1 is 0.969 bits per heavy atom. The van der Waals surface area contributed by atoms with Crippen molar-refractivity contribution in [2.75, 3.05) is 72.6 Å². The van der Waals surface area contributed by atoms with E-state index in [0.717, 1.165) is 102 Å². The second kappa shape index (κ2) is 16.3. The molecular weight excluding hydrogens is 821 g/mol. The average Bonchev–Trinajstić information content (AvgIpc) is 3.98. The Labute approximate surface area is 382 Å². The highest BCUT2D eigenvalue weighted by Gasteiger charge is 2.78. The minimum atomic E-state index is -1.70. The van der Waals surface area contributed by atoms with Gasteiger partial charge in [-0.05, 0) is 85.5 Å². The van der Waals surface area contributed by atoms with Crippen molar-refractivity contribution in [3.05, 3.63) is 112 Å². The number of aromatic amines is 1. The molecule has 6 aliphatic rings. The van der Waals surface area contributed by atoms with E-state index in [2.05, 4.69) is 82.1 Å². The van der Waals surface area contributed by atoms with E-state index in [1.54, 1.807) is 14.2 Å². The number of hydrogen-bond donors (Lipinski definition) is 2. The van der Waals surface area contributed by atoms with Crippen molar-refractivity contribution in [3.63, 3.8) is 0 Å². The molecule has 5 aliphatic heterocycles. The SMILES string of the molecule is CCC1=C[C@@H]2CN(CCc3c([nH]c4ccccc34)[C@@](C(=O)OC)(c3cc4c(cc3OC)N(C)[C@H]3C(O)(COCc5ccc(OC)cc5)[C@H](OC(C)=O)[C@]5(CC)C=CCN6CC[C@]43C65)C2)C1. The van der Waals surface area contributed by atoms with Gasteiger partial charge in [0.15, 0.2) is 0 Å². The summed E-state index contributed by atoms with van der Waals surface area (Å²) in [6.07, 6.45) is 9.37. The summed E-state index contributed by atoms with van der Waals surface area (Å²) in [6, 6.07) is 19.7. The first-order valence-corrected chi connectivity index (χ1v) is 23.5. The molecule has 10 rings (SSSR count). The quantitative estimate of drug-likeness (QED) is 0.121. The van der Waals surface area contributed by atoms with Gasteiger partial charge in [-0.15, -0.1) is 0 Å². The second-order valence-electron chi connectivity index (χ2n) is 19.5. The van der Waals surface area contributed by atoms with Crippen molar-refractivity contribution < 1.29 is 38.4 Å². The number of H-pyrrole nitrogens is 1. The fourth-order valence-electron chi connectivity index (χ4n) is 14.0. The third-order valence-corrected chi connectivity index (χ3v) is 16.4. The van der Waals surface area contributed by atoms with Crippen LogP contribution < -0.4 is 14.4 Å². The van der Waals surface area contributed by atoms with Crippen LogP contribution in [0.2, 0.25) is 0 Å². The van der Waals surface area contributed by atoms with Crippen LogP contribution in [-0.4, -0.2) is 123 Å². The standard InChI is InChI=1S/C53H64N4O8/c1-8-34-25-36-28-52(49(59)63-7,45-39(19-23-56(29-34)30-36)38-13-10-11-14-42(38)54-45)41-26-40-43(27-44(41)62-6)55(4)47-51(40)21-24-57-22-12-20-50(9-2,46(51)57)48(65-33(3)58)53(47,60)32-64-31-35-15-17-37(61-5)18-16-35/h10-18,20,25-27,36,46-48,54,60H,8-9,19,21-24,28-32H2,1-7H3/t36-,46?,47+,48+,50+,51+,52-,53?/m0/s1. The zero-order chi connectivity index (χ0) is 45.5. The molecule has 344 valence electrons. The van der Waals surface area contributed by atoms with Crippen molar-refractivity contribution >= 4 is 28.5 Å². The van der Waals surface area contributed by atoms with E-state index in [4.69, 9.17) is 23.7 Å². The Bertz CT molecular complexity index is 2570. The molecule has 2 N–H and O–H groups in total. The third-order valence-electron chi connectivity index (χ3n) is 16.4. The number of nitrogens with one attached hydrogen (secondary N) is 1. The van der Waals surface area contributed by atoms with Crippen LogP contribution in [0, 0.1) is 11.3 Å². The number of carbonyl (C=O) groups is 2. The molecule has 1 aromatic heterocycles. The van der Waals surface area contributed by atoms with Crippen LogP contribution in [0.15, 0.2) is 84.5 Å². The molecule has 12 nitrogen and oxygen atoms in total. The molecule has 1 aliphatic carbocycles. The molecular formula is C53H64N4O8. The van der Waals surface area contributed by atoms with Gasteiger partial charge >= 0.3 is 11.9 Å². The van der Waals surface area contributed by atoms with Gasteiger partial charge in [0.05, 0.1) is 40.6 Å². The molecule has 65 heavy (non-hydrogen) atoms. The minimum absolute atomic E-state index is 0.0482. The van der Waals surface area contributed by atoms with Gasteiger partial charge in [0, 0.05) is 90.9 Å². The van der Waals surface area contributed by atoms with Crippen LogP contribution in [0.4, 0.5) is 5.69 Å². The maximum atomic E-state index is 15.5. The molecule has 1 saturated carbocycles. The molecule has 4 aromatic rings. The zero-order valence-electron chi connectivity index (χ0n) is 38.9. The molecule has 2 fully saturated rings. The molecule has 0 amide bonds. The summed E-state index contributed by atoms with van der Waals surface area (Å²) >= 11 is 0. The van der Waals surface area contributed by atoms with Crippen molar-refractivity contribution in [1.29, 1.82) is 0 Å². The summed E-state index contributed by atoms with van der Waals surface area (Å²) in [7, 11) is 6.86. The van der Waals surface area contributed by atoms with Crippen molar-refractivity contribution in [2.24, 2.45) is 11.3 Å². The maximum Gasteiger partial charge on any atom is 0.322 e. The number of fused-ring (bicyclic) bond motifs is 6.